The Morgan fingerprint density at radius 1 is 1.00 bits per heavy atom. The van der Waals surface area contributed by atoms with Gasteiger partial charge in [0.1, 0.15) is 23.9 Å². The lowest BCUT2D eigenvalue weighted by atomic mass is 9.77. The summed E-state index contributed by atoms with van der Waals surface area (Å²) in [7, 11) is 0. The van der Waals surface area contributed by atoms with Crippen LogP contribution in [0.1, 0.15) is 38.2 Å². The number of carbonyl (C=O) groups is 3. The number of H-pyrrole nitrogens is 1. The molecule has 2 aromatic heterocycles. The van der Waals surface area contributed by atoms with E-state index in [1.807, 2.05) is 35.2 Å². The first kappa shape index (κ1) is 25.3. The van der Waals surface area contributed by atoms with Gasteiger partial charge in [-0.3, -0.25) is 14.4 Å². The van der Waals surface area contributed by atoms with E-state index < -0.39 is 12.1 Å². The van der Waals surface area contributed by atoms with Gasteiger partial charge in [-0.05, 0) is 43.6 Å². The Bertz CT molecular complexity index is 1360. The number of anilines is 1. The van der Waals surface area contributed by atoms with E-state index in [1.54, 1.807) is 19.6 Å². The van der Waals surface area contributed by atoms with E-state index in [0.717, 1.165) is 42.8 Å². The van der Waals surface area contributed by atoms with Gasteiger partial charge in [-0.2, -0.15) is 0 Å². The van der Waals surface area contributed by atoms with Gasteiger partial charge in [-0.15, -0.1) is 0 Å². The number of fused-ring (bicyclic) bond motifs is 5. The Kier molecular flexibility index (Phi) is 6.88. The van der Waals surface area contributed by atoms with Gasteiger partial charge in [-0.1, -0.05) is 30.3 Å². The predicted octanol–water partition coefficient (Wildman–Crippen LogP) is 1.42. The maximum atomic E-state index is 14.2. The van der Waals surface area contributed by atoms with E-state index in [4.69, 9.17) is 0 Å². The summed E-state index contributed by atoms with van der Waals surface area (Å²) in [5.74, 6) is 0.787. The lowest BCUT2D eigenvalue weighted by Gasteiger charge is -2.52. The first-order valence-corrected chi connectivity index (χ1v) is 13.8. The molecule has 1 aromatic carbocycles. The second-order valence-corrected chi connectivity index (χ2v) is 11.1. The van der Waals surface area contributed by atoms with Gasteiger partial charge in [0.25, 0.3) is 0 Å². The van der Waals surface area contributed by atoms with Crippen molar-refractivity contribution in [1.29, 1.82) is 0 Å². The molecule has 5 heterocycles. The summed E-state index contributed by atoms with van der Waals surface area (Å²) in [6.07, 6.45) is 6.30. The molecule has 3 fully saturated rings. The Hall–Kier alpha value is -4.02. The van der Waals surface area contributed by atoms with Crippen LogP contribution in [0.25, 0.3) is 11.2 Å². The van der Waals surface area contributed by atoms with Crippen molar-refractivity contribution >= 4 is 34.7 Å². The standard InChI is InChI=1S/C28H34N8O3/c1-17-27(38)34-21(11-18-6-3-2-4-7-18)28(39)36-13-19-10-20(22(36)8-5-9-23(37)33-17)14-35(12-19)26-24-25(30-15-29-24)31-16-32-26/h2-4,6-7,15-17,19-22H,5,8-14H2,1H3,(H,33,37)(H,34,38)(H,29,30,31,32)/t17-,19+,20-,21+,22+/m1/s1. The van der Waals surface area contributed by atoms with Gasteiger partial charge in [0.15, 0.2) is 11.5 Å². The number of piperidine rings is 2. The second-order valence-electron chi connectivity index (χ2n) is 11.1. The number of aromatic nitrogens is 4. The van der Waals surface area contributed by atoms with E-state index >= 15 is 0 Å². The Morgan fingerprint density at radius 3 is 2.69 bits per heavy atom. The Balaban J connectivity index is 1.30. The number of rotatable bonds is 3. The number of nitrogens with one attached hydrogen (secondary N) is 3. The second kappa shape index (κ2) is 10.6. The molecule has 3 amide bonds. The predicted molar refractivity (Wildman–Crippen MR) is 145 cm³/mol. The third-order valence-electron chi connectivity index (χ3n) is 8.33. The number of hydrogen-bond donors (Lipinski definition) is 3. The summed E-state index contributed by atoms with van der Waals surface area (Å²) in [5.41, 5.74) is 2.44. The first-order chi connectivity index (χ1) is 19.0. The molecular formula is C28H34N8O3. The third kappa shape index (κ3) is 5.17. The van der Waals surface area contributed by atoms with Crippen molar-refractivity contribution in [2.24, 2.45) is 11.8 Å². The number of hydrogen-bond acceptors (Lipinski definition) is 7. The normalized spacial score (nSPS) is 28.2. The zero-order valence-electron chi connectivity index (χ0n) is 22.0. The lowest BCUT2D eigenvalue weighted by molar-refractivity contribution is -0.143. The van der Waals surface area contributed by atoms with Crippen molar-refractivity contribution in [1.82, 2.24) is 35.5 Å². The largest absolute Gasteiger partial charge is 0.354 e. The summed E-state index contributed by atoms with van der Waals surface area (Å²) in [4.78, 5) is 60.5. The summed E-state index contributed by atoms with van der Waals surface area (Å²) in [5, 5.41) is 5.77. The molecule has 0 aliphatic carbocycles. The number of nitrogens with zero attached hydrogens (tertiary/aromatic N) is 5. The monoisotopic (exact) mass is 530 g/mol. The molecule has 0 unspecified atom stereocenters. The molecule has 3 aliphatic heterocycles. The number of aromatic amines is 1. The van der Waals surface area contributed by atoms with Gasteiger partial charge in [0.05, 0.1) is 6.33 Å². The summed E-state index contributed by atoms with van der Waals surface area (Å²) >= 11 is 0. The van der Waals surface area contributed by atoms with E-state index in [1.165, 1.54) is 0 Å². The van der Waals surface area contributed by atoms with Crippen molar-refractivity contribution in [3.05, 3.63) is 48.5 Å². The van der Waals surface area contributed by atoms with E-state index in [9.17, 15) is 14.4 Å². The molecule has 2 bridgehead atoms. The van der Waals surface area contributed by atoms with Crippen molar-refractivity contribution in [3.8, 4) is 0 Å². The van der Waals surface area contributed by atoms with Gasteiger partial charge in [0.2, 0.25) is 17.7 Å². The van der Waals surface area contributed by atoms with Crippen LogP contribution in [0.2, 0.25) is 0 Å². The summed E-state index contributed by atoms with van der Waals surface area (Å²) in [6, 6.07) is 8.31. The fourth-order valence-electron chi connectivity index (χ4n) is 6.53. The molecule has 6 rings (SSSR count). The lowest BCUT2D eigenvalue weighted by Crippen LogP contribution is -2.63. The summed E-state index contributed by atoms with van der Waals surface area (Å²) in [6.45, 7) is 3.79. The van der Waals surface area contributed by atoms with Crippen molar-refractivity contribution < 1.29 is 14.4 Å². The molecule has 0 saturated carbocycles. The molecule has 204 valence electrons. The topological polar surface area (TPSA) is 136 Å². The van der Waals surface area contributed by atoms with Crippen LogP contribution in [0, 0.1) is 11.8 Å². The SMILES string of the molecule is C[C@H]1NC(=O)CCC[C@H]2[C@@H]3C[C@@H](CN(c4ncnc5nc[nH]c45)C3)CN2C(=O)[C@H](Cc2ccccc2)NC1=O. The molecule has 11 nitrogen and oxygen atoms in total. The molecule has 3 aromatic rings. The summed E-state index contributed by atoms with van der Waals surface area (Å²) < 4.78 is 0. The molecule has 11 heteroatoms. The fraction of sp³-hybridized carbons (Fsp3) is 0.500. The first-order valence-electron chi connectivity index (χ1n) is 13.8. The van der Waals surface area contributed by atoms with Gasteiger partial charge < -0.3 is 25.4 Å². The van der Waals surface area contributed by atoms with Crippen LogP contribution in [0.15, 0.2) is 43.0 Å². The van der Waals surface area contributed by atoms with Crippen LogP contribution < -0.4 is 15.5 Å². The maximum absolute atomic E-state index is 14.2. The number of benzene rings is 1. The molecule has 3 aliphatic rings. The minimum absolute atomic E-state index is 0.0320. The Labute approximate surface area is 226 Å². The minimum Gasteiger partial charge on any atom is -0.354 e. The third-order valence-corrected chi connectivity index (χ3v) is 8.33. The van der Waals surface area contributed by atoms with Gasteiger partial charge in [-0.25, -0.2) is 15.0 Å². The highest BCUT2D eigenvalue weighted by atomic mass is 16.2. The minimum atomic E-state index is -0.708. The number of amides is 3. The van der Waals surface area contributed by atoms with Gasteiger partial charge in [0, 0.05) is 38.5 Å². The van der Waals surface area contributed by atoms with Crippen LogP contribution in [-0.4, -0.2) is 80.3 Å². The van der Waals surface area contributed by atoms with Crippen molar-refractivity contribution in [3.63, 3.8) is 0 Å². The van der Waals surface area contributed by atoms with Crippen LogP contribution in [0.5, 0.6) is 0 Å². The molecular weight excluding hydrogens is 496 g/mol. The van der Waals surface area contributed by atoms with Crippen molar-refractivity contribution in [2.75, 3.05) is 24.5 Å². The molecule has 3 saturated heterocycles. The average molecular weight is 531 g/mol. The van der Waals surface area contributed by atoms with E-state index in [2.05, 4.69) is 35.5 Å². The number of carbonyl (C=O) groups excluding carboxylic acids is 3. The van der Waals surface area contributed by atoms with E-state index in [-0.39, 0.29) is 35.6 Å². The van der Waals surface area contributed by atoms with Crippen molar-refractivity contribution in [2.45, 2.75) is 57.2 Å². The fourth-order valence-corrected chi connectivity index (χ4v) is 6.53. The Morgan fingerprint density at radius 2 is 1.85 bits per heavy atom. The zero-order chi connectivity index (χ0) is 26.9. The smallest absolute Gasteiger partial charge is 0.245 e. The zero-order valence-corrected chi connectivity index (χ0v) is 22.0. The molecule has 3 N–H and O–H groups in total. The van der Waals surface area contributed by atoms with Crippen LogP contribution in [-0.2, 0) is 20.8 Å². The quantitative estimate of drug-likeness (QED) is 0.466. The van der Waals surface area contributed by atoms with Crippen LogP contribution in [0.3, 0.4) is 0 Å². The van der Waals surface area contributed by atoms with Crippen LogP contribution in [0.4, 0.5) is 5.82 Å². The molecule has 5 atom stereocenters. The van der Waals surface area contributed by atoms with Crippen LogP contribution >= 0.6 is 0 Å². The molecule has 39 heavy (non-hydrogen) atoms. The highest BCUT2D eigenvalue weighted by Gasteiger charge is 2.45. The molecule has 0 spiro atoms. The highest BCUT2D eigenvalue weighted by molar-refractivity contribution is 5.92. The molecule has 0 radical (unpaired) electrons. The maximum Gasteiger partial charge on any atom is 0.245 e. The van der Waals surface area contributed by atoms with Gasteiger partial charge >= 0.3 is 0 Å². The van der Waals surface area contributed by atoms with E-state index in [0.29, 0.717) is 31.5 Å². The number of imidazole rings is 1. The average Bonchev–Trinajstić information content (AvgIpc) is 3.42. The highest BCUT2D eigenvalue weighted by Crippen LogP contribution is 2.38.